The van der Waals surface area contributed by atoms with Crippen LogP contribution in [-0.4, -0.2) is 32.4 Å². The molecule has 23 heavy (non-hydrogen) atoms. The molecule has 1 amide bonds. The smallest absolute Gasteiger partial charge is 0.325 e. The first kappa shape index (κ1) is 21.6. The van der Waals surface area contributed by atoms with Crippen molar-refractivity contribution in [3.63, 3.8) is 0 Å². The highest BCUT2D eigenvalue weighted by Crippen LogP contribution is 2.32. The number of halogens is 5. The van der Waals surface area contributed by atoms with Crippen LogP contribution in [0.2, 0.25) is 0 Å². The van der Waals surface area contributed by atoms with Gasteiger partial charge in [-0.05, 0) is 24.6 Å². The minimum absolute atomic E-state index is 0. The maximum Gasteiger partial charge on any atom is 0.419 e. The van der Waals surface area contributed by atoms with Crippen LogP contribution in [0.5, 0.6) is 0 Å². The Bertz CT molecular complexity index is 665. The summed E-state index contributed by atoms with van der Waals surface area (Å²) in [6, 6.07) is 0.747. The van der Waals surface area contributed by atoms with E-state index in [4.69, 9.17) is 5.73 Å². The third-order valence-corrected chi connectivity index (χ3v) is 3.65. The van der Waals surface area contributed by atoms with Crippen molar-refractivity contribution in [3.05, 3.63) is 29.6 Å². The van der Waals surface area contributed by atoms with E-state index in [1.54, 1.807) is 0 Å². The van der Waals surface area contributed by atoms with Crippen LogP contribution in [0.25, 0.3) is 0 Å². The fraction of sp³-hybridized carbons (Fsp3) is 0.417. The van der Waals surface area contributed by atoms with E-state index in [2.05, 4.69) is 5.32 Å². The highest BCUT2D eigenvalue weighted by atomic mass is 35.5. The molecule has 0 bridgehead atoms. The number of carbonyl (C=O) groups is 1. The molecule has 132 valence electrons. The number of nitrogens with two attached hydrogens (primary N) is 1. The highest BCUT2D eigenvalue weighted by molar-refractivity contribution is 7.90. The number of hydrogen-bond acceptors (Lipinski definition) is 4. The molecular formula is C12H15ClF4N2O3S. The molecule has 1 rings (SSSR count). The van der Waals surface area contributed by atoms with Gasteiger partial charge in [0.05, 0.1) is 17.4 Å². The van der Waals surface area contributed by atoms with E-state index in [1.807, 2.05) is 0 Å². The number of anilines is 1. The molecule has 3 N–H and O–H groups in total. The molecule has 0 saturated carbocycles. The van der Waals surface area contributed by atoms with Crippen LogP contribution in [0.3, 0.4) is 0 Å². The van der Waals surface area contributed by atoms with E-state index in [0.717, 1.165) is 12.3 Å². The number of sulfone groups is 1. The Morgan fingerprint density at radius 3 is 2.39 bits per heavy atom. The highest BCUT2D eigenvalue weighted by Gasteiger charge is 2.34. The number of amides is 1. The van der Waals surface area contributed by atoms with Crippen LogP contribution in [0.4, 0.5) is 23.2 Å². The van der Waals surface area contributed by atoms with Crippen LogP contribution in [0.1, 0.15) is 12.0 Å². The summed E-state index contributed by atoms with van der Waals surface area (Å²) in [6.45, 7) is 0. The molecule has 1 atom stereocenters. The number of hydrogen-bond donors (Lipinski definition) is 2. The predicted molar refractivity (Wildman–Crippen MR) is 79.6 cm³/mol. The zero-order valence-electron chi connectivity index (χ0n) is 11.9. The predicted octanol–water partition coefficient (Wildman–Crippen LogP) is 1.97. The number of benzene rings is 1. The molecule has 1 unspecified atom stereocenters. The van der Waals surface area contributed by atoms with Gasteiger partial charge >= 0.3 is 6.18 Å². The normalized spacial score (nSPS) is 13.1. The van der Waals surface area contributed by atoms with Crippen LogP contribution in [0, 0.1) is 5.82 Å². The molecule has 0 aliphatic heterocycles. The first-order valence-corrected chi connectivity index (χ1v) is 8.07. The lowest BCUT2D eigenvalue weighted by atomic mass is 10.1. The van der Waals surface area contributed by atoms with Gasteiger partial charge in [0.15, 0.2) is 0 Å². The second-order valence-corrected chi connectivity index (χ2v) is 6.97. The zero-order chi connectivity index (χ0) is 17.1. The molecule has 0 saturated heterocycles. The van der Waals surface area contributed by atoms with E-state index in [1.165, 1.54) is 0 Å². The van der Waals surface area contributed by atoms with Crippen LogP contribution < -0.4 is 11.1 Å². The molecule has 0 spiro atoms. The first-order valence-electron chi connectivity index (χ1n) is 6.01. The van der Waals surface area contributed by atoms with E-state index >= 15 is 0 Å². The van der Waals surface area contributed by atoms with Crippen LogP contribution >= 0.6 is 12.4 Å². The number of nitrogens with one attached hydrogen (secondary N) is 1. The van der Waals surface area contributed by atoms with Gasteiger partial charge in [0.25, 0.3) is 0 Å². The van der Waals surface area contributed by atoms with Gasteiger partial charge in [-0.1, -0.05) is 0 Å². The van der Waals surface area contributed by atoms with Crippen molar-refractivity contribution >= 4 is 33.8 Å². The van der Waals surface area contributed by atoms with Crippen LogP contribution in [-0.2, 0) is 20.8 Å². The van der Waals surface area contributed by atoms with Crippen molar-refractivity contribution in [1.82, 2.24) is 0 Å². The Morgan fingerprint density at radius 1 is 1.35 bits per heavy atom. The van der Waals surface area contributed by atoms with Gasteiger partial charge < -0.3 is 11.1 Å². The molecule has 0 aliphatic rings. The molecule has 11 heteroatoms. The Kier molecular flexibility index (Phi) is 7.45. The second kappa shape index (κ2) is 7.93. The lowest BCUT2D eigenvalue weighted by Crippen LogP contribution is -2.37. The summed E-state index contributed by atoms with van der Waals surface area (Å²) in [4.78, 5) is 11.7. The van der Waals surface area contributed by atoms with Crippen LogP contribution in [0.15, 0.2) is 18.2 Å². The summed E-state index contributed by atoms with van der Waals surface area (Å²) < 4.78 is 72.6. The molecule has 5 nitrogen and oxygen atoms in total. The van der Waals surface area contributed by atoms with E-state index < -0.39 is 39.3 Å². The summed E-state index contributed by atoms with van der Waals surface area (Å²) in [6.07, 6.45) is -4.12. The summed E-state index contributed by atoms with van der Waals surface area (Å²) in [5.41, 5.74) is 3.65. The fourth-order valence-electron chi connectivity index (χ4n) is 1.53. The third-order valence-electron chi connectivity index (χ3n) is 2.68. The van der Waals surface area contributed by atoms with Crippen molar-refractivity contribution in [3.8, 4) is 0 Å². The summed E-state index contributed by atoms with van der Waals surface area (Å²) in [7, 11) is -3.32. The minimum atomic E-state index is -4.90. The SMILES string of the molecule is CS(=O)(=O)CCC(N)C(=O)Nc1ccc(F)c(C(F)(F)F)c1.Cl. The molecule has 0 radical (unpaired) electrons. The molecule has 0 fully saturated rings. The number of alkyl halides is 3. The van der Waals surface area contributed by atoms with Crippen molar-refractivity contribution in [2.24, 2.45) is 5.73 Å². The quantitative estimate of drug-likeness (QED) is 0.766. The minimum Gasteiger partial charge on any atom is -0.325 e. The molecule has 1 aromatic rings. The Balaban J connectivity index is 0.00000484. The maximum atomic E-state index is 13.1. The lowest BCUT2D eigenvalue weighted by Gasteiger charge is -2.14. The van der Waals surface area contributed by atoms with Gasteiger partial charge in [-0.2, -0.15) is 13.2 Å². The van der Waals surface area contributed by atoms with Crippen molar-refractivity contribution in [2.45, 2.75) is 18.6 Å². The van der Waals surface area contributed by atoms with Crippen molar-refractivity contribution in [1.29, 1.82) is 0 Å². The zero-order valence-corrected chi connectivity index (χ0v) is 13.5. The van der Waals surface area contributed by atoms with Crippen molar-refractivity contribution < 1.29 is 30.8 Å². The second-order valence-electron chi connectivity index (χ2n) is 4.71. The van der Waals surface area contributed by atoms with Gasteiger partial charge in [0.1, 0.15) is 15.7 Å². The average Bonchev–Trinajstić information content (AvgIpc) is 2.35. The third kappa shape index (κ3) is 7.14. The van der Waals surface area contributed by atoms with Gasteiger partial charge in [-0.3, -0.25) is 4.79 Å². The standard InChI is InChI=1S/C12H14F4N2O3S.ClH/c1-22(20,21)5-4-10(17)11(19)18-7-2-3-9(13)8(6-7)12(14,15)16;/h2-3,6,10H,4-5,17H2,1H3,(H,18,19);1H. The topological polar surface area (TPSA) is 89.3 Å². The summed E-state index contributed by atoms with van der Waals surface area (Å²) >= 11 is 0. The van der Waals surface area contributed by atoms with Crippen molar-refractivity contribution in [2.75, 3.05) is 17.3 Å². The Morgan fingerprint density at radius 2 is 1.91 bits per heavy atom. The van der Waals surface area contributed by atoms with Gasteiger partial charge in [0, 0.05) is 11.9 Å². The average molecular weight is 379 g/mol. The number of carbonyl (C=O) groups excluding carboxylic acids is 1. The largest absolute Gasteiger partial charge is 0.419 e. The fourth-order valence-corrected chi connectivity index (χ4v) is 2.21. The van der Waals surface area contributed by atoms with Gasteiger partial charge in [-0.15, -0.1) is 12.4 Å². The van der Waals surface area contributed by atoms with Gasteiger partial charge in [0.2, 0.25) is 5.91 Å². The molecule has 1 aromatic carbocycles. The first-order chi connectivity index (χ1) is 9.90. The Hall–Kier alpha value is -1.39. The monoisotopic (exact) mass is 378 g/mol. The maximum absolute atomic E-state index is 13.1. The van der Waals surface area contributed by atoms with E-state index in [-0.39, 0.29) is 30.3 Å². The lowest BCUT2D eigenvalue weighted by molar-refractivity contribution is -0.140. The number of rotatable bonds is 5. The summed E-state index contributed by atoms with van der Waals surface area (Å²) in [5, 5.41) is 2.09. The molecule has 0 aliphatic carbocycles. The van der Waals surface area contributed by atoms with E-state index in [0.29, 0.717) is 12.1 Å². The Labute approximate surface area is 136 Å². The molecule has 0 heterocycles. The summed E-state index contributed by atoms with van der Waals surface area (Å²) in [5.74, 6) is -2.66. The van der Waals surface area contributed by atoms with Gasteiger partial charge in [-0.25, -0.2) is 12.8 Å². The molecule has 0 aromatic heterocycles. The molecular weight excluding hydrogens is 364 g/mol. The van der Waals surface area contributed by atoms with E-state index in [9.17, 15) is 30.8 Å².